The monoisotopic (exact) mass is 295 g/mol. The predicted octanol–water partition coefficient (Wildman–Crippen LogP) is 4.39. The van der Waals surface area contributed by atoms with Gasteiger partial charge in [0.2, 0.25) is 0 Å². The molecule has 0 unspecified atom stereocenters. The van der Waals surface area contributed by atoms with Crippen LogP contribution in [-0.2, 0) is 0 Å². The van der Waals surface area contributed by atoms with E-state index in [0.717, 1.165) is 39.6 Å². The second-order valence-corrected chi connectivity index (χ2v) is 5.58. The zero-order valence-corrected chi connectivity index (χ0v) is 12.6. The Labute approximate surface area is 128 Å². The van der Waals surface area contributed by atoms with Gasteiger partial charge in [-0.25, -0.2) is 4.98 Å². The van der Waals surface area contributed by atoms with Gasteiger partial charge in [0.05, 0.1) is 14.2 Å². The number of fused-ring (bicyclic) bond motifs is 1. The van der Waals surface area contributed by atoms with E-state index in [2.05, 4.69) is 11.1 Å². The van der Waals surface area contributed by atoms with Crippen molar-refractivity contribution in [3.05, 3.63) is 42.3 Å². The Morgan fingerprint density at radius 3 is 2.41 bits per heavy atom. The first-order valence-corrected chi connectivity index (χ1v) is 7.41. The third kappa shape index (κ3) is 2.21. The summed E-state index contributed by atoms with van der Waals surface area (Å²) in [4.78, 5) is 4.61. The summed E-state index contributed by atoms with van der Waals surface area (Å²) >= 11 is 0. The second-order valence-electron chi connectivity index (χ2n) is 5.58. The van der Waals surface area contributed by atoms with Gasteiger partial charge in [0.1, 0.15) is 5.52 Å². The Balaban J connectivity index is 1.76. The molecule has 1 fully saturated rings. The second kappa shape index (κ2) is 5.05. The van der Waals surface area contributed by atoms with Gasteiger partial charge in [-0.2, -0.15) is 0 Å². The van der Waals surface area contributed by atoms with Crippen LogP contribution in [0.2, 0.25) is 0 Å². The van der Waals surface area contributed by atoms with Crippen LogP contribution in [0.4, 0.5) is 0 Å². The van der Waals surface area contributed by atoms with E-state index in [1.54, 1.807) is 14.2 Å². The lowest BCUT2D eigenvalue weighted by Crippen LogP contribution is -1.90. The molecule has 1 saturated carbocycles. The fourth-order valence-corrected chi connectivity index (χ4v) is 2.65. The molecule has 1 aromatic heterocycles. The van der Waals surface area contributed by atoms with Gasteiger partial charge in [-0.15, -0.1) is 0 Å². The number of ether oxygens (including phenoxy) is 2. The maximum absolute atomic E-state index is 5.81. The van der Waals surface area contributed by atoms with E-state index in [9.17, 15) is 0 Å². The molecule has 3 aromatic rings. The summed E-state index contributed by atoms with van der Waals surface area (Å²) in [7, 11) is 3.28. The first-order chi connectivity index (χ1) is 10.8. The Bertz CT molecular complexity index is 833. The smallest absolute Gasteiger partial charge is 0.198 e. The van der Waals surface area contributed by atoms with E-state index in [1.807, 2.05) is 30.3 Å². The lowest BCUT2D eigenvalue weighted by Gasteiger charge is -2.09. The fraction of sp³-hybridized carbons (Fsp3) is 0.278. The molecule has 0 N–H and O–H groups in total. The van der Waals surface area contributed by atoms with Gasteiger partial charge in [-0.1, -0.05) is 12.1 Å². The normalized spacial score (nSPS) is 14.3. The van der Waals surface area contributed by atoms with E-state index in [-0.39, 0.29) is 0 Å². The summed E-state index contributed by atoms with van der Waals surface area (Å²) < 4.78 is 16.5. The highest BCUT2D eigenvalue weighted by Crippen LogP contribution is 2.41. The van der Waals surface area contributed by atoms with Crippen LogP contribution in [0.5, 0.6) is 11.5 Å². The first-order valence-electron chi connectivity index (χ1n) is 7.41. The van der Waals surface area contributed by atoms with Crippen LogP contribution in [0.1, 0.15) is 24.7 Å². The number of rotatable bonds is 4. The highest BCUT2D eigenvalue weighted by atomic mass is 16.5. The number of hydrogen-bond acceptors (Lipinski definition) is 4. The van der Waals surface area contributed by atoms with E-state index in [4.69, 9.17) is 13.9 Å². The molecule has 112 valence electrons. The third-order valence-electron chi connectivity index (χ3n) is 4.05. The molecule has 1 heterocycles. The molecule has 0 amide bonds. The summed E-state index contributed by atoms with van der Waals surface area (Å²) in [5, 5.41) is 0. The topological polar surface area (TPSA) is 44.5 Å². The fourth-order valence-electron chi connectivity index (χ4n) is 2.65. The molecule has 0 saturated heterocycles. The third-order valence-corrected chi connectivity index (χ3v) is 4.05. The Morgan fingerprint density at radius 1 is 0.955 bits per heavy atom. The van der Waals surface area contributed by atoms with Crippen LogP contribution in [0.3, 0.4) is 0 Å². The van der Waals surface area contributed by atoms with Crippen LogP contribution in [0.15, 0.2) is 40.8 Å². The zero-order valence-electron chi connectivity index (χ0n) is 12.6. The number of methoxy groups -OCH3 is 2. The zero-order chi connectivity index (χ0) is 15.1. The van der Waals surface area contributed by atoms with Gasteiger partial charge in [-0.3, -0.25) is 0 Å². The van der Waals surface area contributed by atoms with Gasteiger partial charge in [-0.05, 0) is 48.2 Å². The average Bonchev–Trinajstić information content (AvgIpc) is 3.33. The minimum absolute atomic E-state index is 0.525. The molecule has 4 nitrogen and oxygen atoms in total. The Morgan fingerprint density at radius 2 is 1.68 bits per heavy atom. The molecule has 1 aliphatic rings. The quantitative estimate of drug-likeness (QED) is 0.716. The molecule has 0 spiro atoms. The van der Waals surface area contributed by atoms with Gasteiger partial charge < -0.3 is 13.9 Å². The molecule has 0 atom stereocenters. The molecule has 0 bridgehead atoms. The minimum atomic E-state index is 0.525. The van der Waals surface area contributed by atoms with Crippen molar-refractivity contribution in [3.63, 3.8) is 0 Å². The molecule has 0 radical (unpaired) electrons. The van der Waals surface area contributed by atoms with Crippen molar-refractivity contribution in [3.8, 4) is 22.6 Å². The predicted molar refractivity (Wildman–Crippen MR) is 84.5 cm³/mol. The van der Waals surface area contributed by atoms with E-state index in [1.165, 1.54) is 12.8 Å². The summed E-state index contributed by atoms with van der Waals surface area (Å²) in [5.74, 6) is 2.85. The first kappa shape index (κ1) is 13.2. The van der Waals surface area contributed by atoms with Crippen molar-refractivity contribution < 1.29 is 13.9 Å². The molecule has 2 aromatic carbocycles. The van der Waals surface area contributed by atoms with Crippen molar-refractivity contribution in [2.24, 2.45) is 0 Å². The number of nitrogens with zero attached hydrogens (tertiary/aromatic N) is 1. The van der Waals surface area contributed by atoms with Crippen molar-refractivity contribution in [2.75, 3.05) is 14.2 Å². The van der Waals surface area contributed by atoms with Crippen LogP contribution < -0.4 is 9.47 Å². The van der Waals surface area contributed by atoms with Gasteiger partial charge in [0, 0.05) is 5.92 Å². The van der Waals surface area contributed by atoms with Crippen LogP contribution in [0, 0.1) is 0 Å². The summed E-state index contributed by atoms with van der Waals surface area (Å²) in [6.07, 6.45) is 2.38. The molecule has 4 rings (SSSR count). The molecule has 0 aliphatic heterocycles. The minimum Gasteiger partial charge on any atom is -0.493 e. The number of aromatic nitrogens is 1. The lowest BCUT2D eigenvalue weighted by atomic mass is 10.0. The number of oxazole rings is 1. The highest BCUT2D eigenvalue weighted by Gasteiger charge is 2.28. The van der Waals surface area contributed by atoms with Crippen molar-refractivity contribution >= 4 is 11.1 Å². The lowest BCUT2D eigenvalue weighted by molar-refractivity contribution is 0.355. The van der Waals surface area contributed by atoms with Crippen molar-refractivity contribution in [2.45, 2.75) is 18.8 Å². The summed E-state index contributed by atoms with van der Waals surface area (Å²) in [6.45, 7) is 0. The molecule has 4 heteroatoms. The summed E-state index contributed by atoms with van der Waals surface area (Å²) in [5.41, 5.74) is 3.92. The van der Waals surface area contributed by atoms with Gasteiger partial charge in [0.25, 0.3) is 0 Å². The van der Waals surface area contributed by atoms with Gasteiger partial charge >= 0.3 is 0 Å². The van der Waals surface area contributed by atoms with Crippen LogP contribution in [-0.4, -0.2) is 19.2 Å². The SMILES string of the molecule is COc1ccc(-c2ccc3oc(C4CC4)nc3c2)cc1OC. The highest BCUT2D eigenvalue weighted by molar-refractivity contribution is 5.81. The molecule has 22 heavy (non-hydrogen) atoms. The summed E-state index contributed by atoms with van der Waals surface area (Å²) in [6, 6.07) is 12.0. The van der Waals surface area contributed by atoms with Crippen molar-refractivity contribution in [1.29, 1.82) is 0 Å². The maximum Gasteiger partial charge on any atom is 0.198 e. The van der Waals surface area contributed by atoms with E-state index < -0.39 is 0 Å². The number of benzene rings is 2. The van der Waals surface area contributed by atoms with Crippen LogP contribution in [0.25, 0.3) is 22.2 Å². The molecular formula is C18H17NO3. The maximum atomic E-state index is 5.81. The average molecular weight is 295 g/mol. The molecule has 1 aliphatic carbocycles. The van der Waals surface area contributed by atoms with E-state index in [0.29, 0.717) is 5.92 Å². The van der Waals surface area contributed by atoms with Crippen molar-refractivity contribution in [1.82, 2.24) is 4.98 Å². The molecular weight excluding hydrogens is 278 g/mol. The number of hydrogen-bond donors (Lipinski definition) is 0. The Kier molecular flexibility index (Phi) is 3.03. The van der Waals surface area contributed by atoms with E-state index >= 15 is 0 Å². The Hall–Kier alpha value is -2.49. The largest absolute Gasteiger partial charge is 0.493 e. The van der Waals surface area contributed by atoms with Crippen LogP contribution >= 0.6 is 0 Å². The van der Waals surface area contributed by atoms with Gasteiger partial charge in [0.15, 0.2) is 23.0 Å². The standard InChI is InChI=1S/C18H17NO3/c1-20-16-8-6-13(10-17(16)21-2)12-5-7-15-14(9-12)19-18(22-15)11-3-4-11/h5-11H,3-4H2,1-2H3.